The minimum atomic E-state index is -0.285. The first-order valence-electron chi connectivity index (χ1n) is 8.75. The fourth-order valence-corrected chi connectivity index (χ4v) is 3.36. The van der Waals surface area contributed by atoms with Crippen molar-refractivity contribution in [3.63, 3.8) is 0 Å². The molecule has 0 unspecified atom stereocenters. The molecule has 9 heteroatoms. The first-order chi connectivity index (χ1) is 13.8. The van der Waals surface area contributed by atoms with Crippen LogP contribution in [0.3, 0.4) is 0 Å². The fraction of sp³-hybridized carbons (Fsp3) is 0.300. The van der Waals surface area contributed by atoms with E-state index >= 15 is 0 Å². The summed E-state index contributed by atoms with van der Waals surface area (Å²) in [6.45, 7) is 3.74. The van der Waals surface area contributed by atoms with Gasteiger partial charge in [-0.2, -0.15) is 0 Å². The first kappa shape index (κ1) is 23.2. The number of rotatable bonds is 9. The molecule has 0 heterocycles. The molecule has 0 radical (unpaired) electrons. The highest BCUT2D eigenvalue weighted by Crippen LogP contribution is 2.34. The van der Waals surface area contributed by atoms with E-state index in [0.717, 1.165) is 0 Å². The Balaban J connectivity index is 1.82. The molecular formula is C20H22Cl2N2O4S. The van der Waals surface area contributed by atoms with E-state index < -0.39 is 0 Å². The SMILES string of the molecule is COc1ccc(NC(=O)CSCC(=O)Nc2cc(OC(C)C)c(Cl)cc2Cl)cc1. The number of hydrogen-bond acceptors (Lipinski definition) is 5. The maximum atomic E-state index is 12.2. The second kappa shape index (κ2) is 11.2. The monoisotopic (exact) mass is 456 g/mol. The molecule has 6 nitrogen and oxygen atoms in total. The van der Waals surface area contributed by atoms with Crippen LogP contribution >= 0.6 is 35.0 Å². The minimum absolute atomic E-state index is 0.0722. The van der Waals surface area contributed by atoms with E-state index in [1.54, 1.807) is 37.4 Å². The van der Waals surface area contributed by atoms with Gasteiger partial charge in [-0.05, 0) is 44.2 Å². The maximum absolute atomic E-state index is 12.2. The molecule has 0 aromatic heterocycles. The number of thioether (sulfide) groups is 1. The fourth-order valence-electron chi connectivity index (χ4n) is 2.26. The summed E-state index contributed by atoms with van der Waals surface area (Å²) in [5.41, 5.74) is 1.06. The van der Waals surface area contributed by atoms with Gasteiger partial charge in [0.25, 0.3) is 0 Å². The van der Waals surface area contributed by atoms with Crippen molar-refractivity contribution in [3.05, 3.63) is 46.4 Å². The summed E-state index contributed by atoms with van der Waals surface area (Å²) in [5.74, 6) is 0.882. The van der Waals surface area contributed by atoms with Crippen LogP contribution in [-0.4, -0.2) is 36.5 Å². The Kier molecular flexibility index (Phi) is 8.95. The first-order valence-corrected chi connectivity index (χ1v) is 10.7. The van der Waals surface area contributed by atoms with Crippen LogP contribution < -0.4 is 20.1 Å². The third kappa shape index (κ3) is 7.68. The van der Waals surface area contributed by atoms with Gasteiger partial charge < -0.3 is 20.1 Å². The molecule has 2 rings (SSSR count). The van der Waals surface area contributed by atoms with Gasteiger partial charge in [-0.1, -0.05) is 23.2 Å². The Morgan fingerprint density at radius 2 is 1.62 bits per heavy atom. The van der Waals surface area contributed by atoms with E-state index in [1.807, 2.05) is 13.8 Å². The summed E-state index contributed by atoms with van der Waals surface area (Å²) >= 11 is 13.4. The lowest BCUT2D eigenvalue weighted by atomic mass is 10.3. The van der Waals surface area contributed by atoms with Crippen LogP contribution in [0.5, 0.6) is 11.5 Å². The molecule has 2 aromatic carbocycles. The highest BCUT2D eigenvalue weighted by Gasteiger charge is 2.13. The zero-order chi connectivity index (χ0) is 21.4. The zero-order valence-corrected chi connectivity index (χ0v) is 18.6. The van der Waals surface area contributed by atoms with Crippen molar-refractivity contribution in [2.45, 2.75) is 20.0 Å². The lowest BCUT2D eigenvalue weighted by molar-refractivity contribution is -0.114. The van der Waals surface area contributed by atoms with Crippen LogP contribution in [0, 0.1) is 0 Å². The lowest BCUT2D eigenvalue weighted by Crippen LogP contribution is -2.18. The molecule has 0 saturated heterocycles. The second-order valence-electron chi connectivity index (χ2n) is 6.25. The average Bonchev–Trinajstić information content (AvgIpc) is 2.66. The van der Waals surface area contributed by atoms with Crippen LogP contribution in [-0.2, 0) is 9.59 Å². The number of amides is 2. The molecule has 0 saturated carbocycles. The number of methoxy groups -OCH3 is 1. The van der Waals surface area contributed by atoms with Gasteiger partial charge in [-0.3, -0.25) is 9.59 Å². The van der Waals surface area contributed by atoms with Gasteiger partial charge >= 0.3 is 0 Å². The van der Waals surface area contributed by atoms with Crippen molar-refractivity contribution in [2.75, 3.05) is 29.2 Å². The van der Waals surface area contributed by atoms with Gasteiger partial charge in [0, 0.05) is 11.8 Å². The summed E-state index contributed by atoms with van der Waals surface area (Å²) in [6, 6.07) is 10.1. The normalized spacial score (nSPS) is 10.6. The maximum Gasteiger partial charge on any atom is 0.234 e. The summed E-state index contributed by atoms with van der Waals surface area (Å²) in [4.78, 5) is 24.2. The van der Waals surface area contributed by atoms with Crippen molar-refractivity contribution in [3.8, 4) is 11.5 Å². The van der Waals surface area contributed by atoms with Crippen molar-refractivity contribution in [1.82, 2.24) is 0 Å². The molecule has 29 heavy (non-hydrogen) atoms. The second-order valence-corrected chi connectivity index (χ2v) is 8.05. The van der Waals surface area contributed by atoms with Crippen LogP contribution in [0.4, 0.5) is 11.4 Å². The van der Waals surface area contributed by atoms with Crippen LogP contribution in [0.15, 0.2) is 36.4 Å². The van der Waals surface area contributed by atoms with Gasteiger partial charge in [0.05, 0.1) is 40.5 Å². The number of ether oxygens (including phenoxy) is 2. The summed E-state index contributed by atoms with van der Waals surface area (Å²) in [7, 11) is 1.57. The van der Waals surface area contributed by atoms with Gasteiger partial charge in [0.15, 0.2) is 0 Å². The number of carbonyl (C=O) groups is 2. The Labute approximate surface area is 184 Å². The van der Waals surface area contributed by atoms with Gasteiger partial charge in [-0.25, -0.2) is 0 Å². The molecule has 0 aliphatic rings. The van der Waals surface area contributed by atoms with Crippen LogP contribution in [0.1, 0.15) is 13.8 Å². The molecule has 0 aliphatic heterocycles. The quantitative estimate of drug-likeness (QED) is 0.548. The predicted octanol–water partition coefficient (Wildman–Crippen LogP) is 5.10. The van der Waals surface area contributed by atoms with Crippen molar-refractivity contribution in [1.29, 1.82) is 0 Å². The van der Waals surface area contributed by atoms with Crippen LogP contribution in [0.2, 0.25) is 10.0 Å². The number of hydrogen-bond donors (Lipinski definition) is 2. The lowest BCUT2D eigenvalue weighted by Gasteiger charge is -2.14. The summed E-state index contributed by atoms with van der Waals surface area (Å²) in [6.07, 6.45) is -0.0722. The largest absolute Gasteiger partial charge is 0.497 e. The molecule has 2 aromatic rings. The number of halogens is 2. The predicted molar refractivity (Wildman–Crippen MR) is 120 cm³/mol. The van der Waals surface area contributed by atoms with Gasteiger partial charge in [0.2, 0.25) is 11.8 Å². The smallest absolute Gasteiger partial charge is 0.234 e. The molecule has 0 bridgehead atoms. The topological polar surface area (TPSA) is 76.7 Å². The van der Waals surface area contributed by atoms with Gasteiger partial charge in [0.1, 0.15) is 11.5 Å². The molecule has 2 amide bonds. The molecule has 0 atom stereocenters. The molecular weight excluding hydrogens is 435 g/mol. The number of benzene rings is 2. The standard InChI is InChI=1S/C20H22Cl2N2O4S/c1-12(2)28-18-9-17(15(21)8-16(18)22)24-20(26)11-29-10-19(25)23-13-4-6-14(27-3)7-5-13/h4-9,12H,10-11H2,1-3H3,(H,23,25)(H,24,26). The highest BCUT2D eigenvalue weighted by atomic mass is 35.5. The highest BCUT2D eigenvalue weighted by molar-refractivity contribution is 8.00. The van der Waals surface area contributed by atoms with E-state index in [0.29, 0.717) is 32.9 Å². The zero-order valence-electron chi connectivity index (χ0n) is 16.3. The number of carbonyl (C=O) groups excluding carboxylic acids is 2. The third-order valence-corrected chi connectivity index (χ3v) is 5.04. The van der Waals surface area contributed by atoms with E-state index in [1.165, 1.54) is 17.8 Å². The van der Waals surface area contributed by atoms with E-state index in [2.05, 4.69) is 10.6 Å². The summed E-state index contributed by atoms with van der Waals surface area (Å²) in [5, 5.41) is 6.14. The number of anilines is 2. The Bertz CT molecular complexity index is 860. The van der Waals surface area contributed by atoms with E-state index in [-0.39, 0.29) is 29.4 Å². The van der Waals surface area contributed by atoms with Crippen molar-refractivity contribution < 1.29 is 19.1 Å². The van der Waals surface area contributed by atoms with E-state index in [9.17, 15) is 9.59 Å². The molecule has 0 aliphatic carbocycles. The van der Waals surface area contributed by atoms with Gasteiger partial charge in [-0.15, -0.1) is 11.8 Å². The Morgan fingerprint density at radius 3 is 2.21 bits per heavy atom. The minimum Gasteiger partial charge on any atom is -0.497 e. The molecule has 156 valence electrons. The Morgan fingerprint density at radius 1 is 1.00 bits per heavy atom. The molecule has 0 fully saturated rings. The van der Waals surface area contributed by atoms with E-state index in [4.69, 9.17) is 32.7 Å². The van der Waals surface area contributed by atoms with Crippen molar-refractivity contribution >= 4 is 58.2 Å². The Hall–Kier alpha value is -2.09. The van der Waals surface area contributed by atoms with Crippen molar-refractivity contribution in [2.24, 2.45) is 0 Å². The summed E-state index contributed by atoms with van der Waals surface area (Å²) < 4.78 is 10.7. The molecule has 0 spiro atoms. The average molecular weight is 457 g/mol. The number of nitrogens with one attached hydrogen (secondary N) is 2. The third-order valence-electron chi connectivity index (χ3n) is 3.50. The molecule has 2 N–H and O–H groups in total. The van der Waals surface area contributed by atoms with Crippen LogP contribution in [0.25, 0.3) is 0 Å².